The number of allylic oxidation sites excluding steroid dienone is 2. The first kappa shape index (κ1) is 20.9. The summed E-state index contributed by atoms with van der Waals surface area (Å²) in [5.74, 6) is -2.35. The molecule has 1 atom stereocenters. The lowest BCUT2D eigenvalue weighted by Gasteiger charge is -2.48. The van der Waals surface area contributed by atoms with Gasteiger partial charge in [0.15, 0.2) is 6.29 Å². The molecule has 0 aromatic heterocycles. The van der Waals surface area contributed by atoms with Crippen LogP contribution >= 0.6 is 0 Å². The van der Waals surface area contributed by atoms with Crippen LogP contribution < -0.4 is 0 Å². The van der Waals surface area contributed by atoms with Gasteiger partial charge in [-0.1, -0.05) is 12.2 Å². The number of hydrogen-bond donors (Lipinski definition) is 0. The monoisotopic (exact) mass is 391 g/mol. The van der Waals surface area contributed by atoms with Crippen molar-refractivity contribution in [1.82, 2.24) is 4.90 Å². The highest BCUT2D eigenvalue weighted by Gasteiger charge is 2.69. The van der Waals surface area contributed by atoms with E-state index in [0.29, 0.717) is 6.29 Å². The van der Waals surface area contributed by atoms with E-state index in [9.17, 15) is 35.4 Å². The van der Waals surface area contributed by atoms with Crippen molar-refractivity contribution in [3.05, 3.63) is 35.2 Å². The summed E-state index contributed by atoms with van der Waals surface area (Å²) in [5, 5.41) is 39.6. The summed E-state index contributed by atoms with van der Waals surface area (Å²) in [6, 6.07) is 5.22. The number of carbonyl (C=O) groups excluding carboxylic acids is 3. The molecule has 0 bridgehead atoms. The van der Waals surface area contributed by atoms with Crippen molar-refractivity contribution in [2.24, 2.45) is 10.8 Å². The smallest absolute Gasteiger partial charge is 0.355 e. The molecule has 0 radical (unpaired) electrons. The number of aldehydes is 1. The van der Waals surface area contributed by atoms with Crippen LogP contribution in [0.25, 0.3) is 0 Å². The predicted molar refractivity (Wildman–Crippen MR) is 91.9 cm³/mol. The van der Waals surface area contributed by atoms with Crippen LogP contribution in [0.15, 0.2) is 35.2 Å². The summed E-state index contributed by atoms with van der Waals surface area (Å²) in [5.41, 5.74) is -6.42. The molecule has 0 saturated carbocycles. The minimum atomic E-state index is -2.68. The van der Waals surface area contributed by atoms with Crippen molar-refractivity contribution in [3.63, 3.8) is 0 Å². The zero-order valence-electron chi connectivity index (χ0n) is 15.4. The highest BCUT2D eigenvalue weighted by molar-refractivity contribution is 6.03. The van der Waals surface area contributed by atoms with Gasteiger partial charge in [0, 0.05) is 11.8 Å². The average molecular weight is 391 g/mol. The number of hydrogen-bond acceptors (Lipinski definition) is 10. The Balaban J connectivity index is 3.12. The SMILES string of the molecule is CCOC(=O)C1=C(C(=O)OC)N2C=C(C=O)C=CC2C(C#N)(C#N)C1(C#N)C#N. The number of fused-ring (bicyclic) bond motifs is 1. The second-order valence-corrected chi connectivity index (χ2v) is 5.90. The highest BCUT2D eigenvalue weighted by Crippen LogP contribution is 2.55. The Morgan fingerprint density at radius 2 is 1.79 bits per heavy atom. The summed E-state index contributed by atoms with van der Waals surface area (Å²) in [6.45, 7) is 1.28. The van der Waals surface area contributed by atoms with Crippen LogP contribution in [0.2, 0.25) is 0 Å². The van der Waals surface area contributed by atoms with Gasteiger partial charge in [-0.3, -0.25) is 4.79 Å². The maximum absolute atomic E-state index is 12.8. The zero-order valence-corrected chi connectivity index (χ0v) is 15.4. The summed E-state index contributed by atoms with van der Waals surface area (Å²) in [4.78, 5) is 37.6. The second-order valence-electron chi connectivity index (χ2n) is 5.90. The Bertz CT molecular complexity index is 1010. The van der Waals surface area contributed by atoms with Crippen LogP contribution in [-0.2, 0) is 23.9 Å². The van der Waals surface area contributed by atoms with E-state index in [0.717, 1.165) is 18.2 Å². The van der Waals surface area contributed by atoms with Gasteiger partial charge in [-0.05, 0) is 6.92 Å². The first-order valence-electron chi connectivity index (χ1n) is 8.16. The van der Waals surface area contributed by atoms with E-state index in [-0.39, 0.29) is 12.2 Å². The second kappa shape index (κ2) is 7.68. The molecule has 0 N–H and O–H groups in total. The molecule has 0 amide bonds. The van der Waals surface area contributed by atoms with E-state index in [2.05, 4.69) is 0 Å². The van der Waals surface area contributed by atoms with Gasteiger partial charge in [0.05, 0.1) is 44.0 Å². The summed E-state index contributed by atoms with van der Waals surface area (Å²) >= 11 is 0. The molecule has 0 aromatic rings. The minimum absolute atomic E-state index is 0.0528. The van der Waals surface area contributed by atoms with Gasteiger partial charge in [0.25, 0.3) is 0 Å². The lowest BCUT2D eigenvalue weighted by molar-refractivity contribution is -0.144. The Labute approximate surface area is 165 Å². The topological polar surface area (TPSA) is 168 Å². The first-order chi connectivity index (χ1) is 13.9. The van der Waals surface area contributed by atoms with Crippen LogP contribution in [-0.4, -0.2) is 42.9 Å². The largest absolute Gasteiger partial charge is 0.464 e. The molecule has 1 unspecified atom stereocenters. The molecule has 2 aliphatic rings. The fourth-order valence-corrected chi connectivity index (χ4v) is 3.33. The van der Waals surface area contributed by atoms with Crippen LogP contribution in [0.3, 0.4) is 0 Å². The van der Waals surface area contributed by atoms with Crippen LogP contribution in [0.4, 0.5) is 0 Å². The van der Waals surface area contributed by atoms with Crippen LogP contribution in [0, 0.1) is 56.2 Å². The van der Waals surface area contributed by atoms with Crippen LogP contribution in [0.1, 0.15) is 6.92 Å². The molecule has 29 heavy (non-hydrogen) atoms. The van der Waals surface area contributed by atoms with Crippen molar-refractivity contribution in [1.29, 1.82) is 21.0 Å². The van der Waals surface area contributed by atoms with E-state index in [4.69, 9.17) is 9.47 Å². The Morgan fingerprint density at radius 3 is 2.24 bits per heavy atom. The van der Waals surface area contributed by atoms with E-state index >= 15 is 0 Å². The number of esters is 2. The van der Waals surface area contributed by atoms with Gasteiger partial charge in [0.1, 0.15) is 11.3 Å². The van der Waals surface area contributed by atoms with Gasteiger partial charge < -0.3 is 14.4 Å². The maximum Gasteiger partial charge on any atom is 0.355 e. The molecule has 0 spiro atoms. The van der Waals surface area contributed by atoms with Crippen molar-refractivity contribution in [2.75, 3.05) is 13.7 Å². The van der Waals surface area contributed by atoms with Crippen molar-refractivity contribution in [3.8, 4) is 24.3 Å². The average Bonchev–Trinajstić information content (AvgIpc) is 2.76. The lowest BCUT2D eigenvalue weighted by Crippen LogP contribution is -2.60. The number of ether oxygens (including phenoxy) is 2. The molecule has 0 saturated heterocycles. The van der Waals surface area contributed by atoms with Gasteiger partial charge in [-0.15, -0.1) is 0 Å². The normalized spacial score (nSPS) is 20.6. The Hall–Kier alpha value is -4.41. The minimum Gasteiger partial charge on any atom is -0.464 e. The molecular weight excluding hydrogens is 378 g/mol. The summed E-state index contributed by atoms with van der Waals surface area (Å²) in [7, 11) is 1.01. The van der Waals surface area contributed by atoms with E-state index in [1.54, 1.807) is 24.3 Å². The van der Waals surface area contributed by atoms with E-state index in [1.165, 1.54) is 19.1 Å². The molecule has 2 rings (SSSR count). The van der Waals surface area contributed by atoms with Gasteiger partial charge >= 0.3 is 11.9 Å². The fourth-order valence-electron chi connectivity index (χ4n) is 3.33. The van der Waals surface area contributed by atoms with Crippen molar-refractivity contribution >= 4 is 18.2 Å². The number of carbonyl (C=O) groups is 3. The molecule has 10 nitrogen and oxygen atoms in total. The third-order valence-electron chi connectivity index (χ3n) is 4.65. The van der Waals surface area contributed by atoms with Crippen molar-refractivity contribution in [2.45, 2.75) is 13.0 Å². The van der Waals surface area contributed by atoms with Gasteiger partial charge in [-0.2, -0.15) is 21.0 Å². The van der Waals surface area contributed by atoms with Gasteiger partial charge in [-0.25, -0.2) is 9.59 Å². The fraction of sp³-hybridized carbons (Fsp3) is 0.316. The first-order valence-corrected chi connectivity index (χ1v) is 8.16. The maximum atomic E-state index is 12.8. The number of nitrogens with zero attached hydrogens (tertiary/aromatic N) is 5. The summed E-state index contributed by atoms with van der Waals surface area (Å²) < 4.78 is 9.63. The molecule has 0 fully saturated rings. The molecular formula is C19H13N5O5. The Kier molecular flexibility index (Phi) is 5.53. The van der Waals surface area contributed by atoms with Crippen LogP contribution in [0.5, 0.6) is 0 Å². The number of methoxy groups -OCH3 is 1. The lowest BCUT2D eigenvalue weighted by atomic mass is 9.55. The Morgan fingerprint density at radius 1 is 1.17 bits per heavy atom. The third-order valence-corrected chi connectivity index (χ3v) is 4.65. The molecule has 10 heteroatoms. The van der Waals surface area contributed by atoms with E-state index in [1.807, 2.05) is 0 Å². The quantitative estimate of drug-likeness (QED) is 0.482. The standard InChI is InChI=1S/C19H13N5O5/c1-3-29-16(26)14-15(17(27)28-2)24-6-12(7-25)4-5-13(24)18(8-20,9-21)19(14,10-22)11-23/h4-7,13H,3H2,1-2H3. The highest BCUT2D eigenvalue weighted by atomic mass is 16.5. The van der Waals surface area contributed by atoms with E-state index < -0.39 is 40.1 Å². The molecule has 2 aliphatic heterocycles. The third kappa shape index (κ3) is 2.64. The van der Waals surface area contributed by atoms with Crippen molar-refractivity contribution < 1.29 is 23.9 Å². The molecule has 0 aromatic carbocycles. The summed E-state index contributed by atoms with van der Waals surface area (Å²) in [6.07, 6.45) is 4.10. The zero-order chi connectivity index (χ0) is 21.8. The number of nitriles is 4. The number of rotatable bonds is 4. The molecule has 144 valence electrons. The van der Waals surface area contributed by atoms with Gasteiger partial charge in [0.2, 0.25) is 10.8 Å². The molecule has 2 heterocycles. The molecule has 0 aliphatic carbocycles. The predicted octanol–water partition coefficient (Wildman–Crippen LogP) is 0.381.